The first-order valence-electron chi connectivity index (χ1n) is 6.25. The van der Waals surface area contributed by atoms with E-state index in [1.54, 1.807) is 37.5 Å². The molecule has 0 aliphatic rings. The largest absolute Gasteiger partial charge is 0.435 e. The van der Waals surface area contributed by atoms with Crippen molar-refractivity contribution < 1.29 is 18.3 Å². The smallest absolute Gasteiger partial charge is 0.387 e. The van der Waals surface area contributed by atoms with Gasteiger partial charge in [0.05, 0.1) is 5.56 Å². The molecule has 0 bridgehead atoms. The number of halogens is 2. The van der Waals surface area contributed by atoms with Gasteiger partial charge in [0.15, 0.2) is 0 Å². The maximum absolute atomic E-state index is 12.1. The van der Waals surface area contributed by atoms with Crippen molar-refractivity contribution in [1.82, 2.24) is 9.88 Å². The molecule has 0 aliphatic heterocycles. The maximum atomic E-state index is 12.1. The molecule has 0 radical (unpaired) electrons. The van der Waals surface area contributed by atoms with Crippen molar-refractivity contribution in [2.24, 2.45) is 0 Å². The lowest BCUT2D eigenvalue weighted by Crippen LogP contribution is -2.26. The second-order valence-corrected chi connectivity index (χ2v) is 4.43. The summed E-state index contributed by atoms with van der Waals surface area (Å²) >= 11 is 0. The van der Waals surface area contributed by atoms with Crippen LogP contribution in [-0.4, -0.2) is 29.5 Å². The van der Waals surface area contributed by atoms with E-state index in [0.717, 1.165) is 5.56 Å². The van der Waals surface area contributed by atoms with Crippen LogP contribution in [0.15, 0.2) is 48.8 Å². The normalized spacial score (nSPS) is 10.5. The molecule has 1 aromatic heterocycles. The highest BCUT2D eigenvalue weighted by Gasteiger charge is 2.12. The van der Waals surface area contributed by atoms with Crippen molar-refractivity contribution >= 4 is 5.91 Å². The van der Waals surface area contributed by atoms with Gasteiger partial charge in [-0.1, -0.05) is 12.1 Å². The number of ether oxygens (including phenoxy) is 1. The highest BCUT2D eigenvalue weighted by atomic mass is 19.3. The van der Waals surface area contributed by atoms with Gasteiger partial charge in [-0.05, 0) is 29.8 Å². The van der Waals surface area contributed by atoms with Gasteiger partial charge in [0, 0.05) is 26.0 Å². The Bertz CT molecular complexity index is 588. The topological polar surface area (TPSA) is 42.4 Å². The van der Waals surface area contributed by atoms with E-state index in [1.165, 1.54) is 23.2 Å². The van der Waals surface area contributed by atoms with Crippen molar-refractivity contribution in [3.63, 3.8) is 0 Å². The van der Waals surface area contributed by atoms with Crippen LogP contribution in [-0.2, 0) is 6.54 Å². The Morgan fingerprint density at radius 3 is 2.57 bits per heavy atom. The van der Waals surface area contributed by atoms with Crippen molar-refractivity contribution in [2.45, 2.75) is 13.2 Å². The minimum Gasteiger partial charge on any atom is -0.435 e. The van der Waals surface area contributed by atoms with Gasteiger partial charge < -0.3 is 9.64 Å². The first-order chi connectivity index (χ1) is 10.1. The zero-order chi connectivity index (χ0) is 15.2. The average Bonchev–Trinajstić information content (AvgIpc) is 2.49. The van der Waals surface area contributed by atoms with Gasteiger partial charge in [0.2, 0.25) is 0 Å². The molecule has 0 saturated heterocycles. The fourth-order valence-electron chi connectivity index (χ4n) is 1.83. The number of amides is 1. The van der Waals surface area contributed by atoms with Gasteiger partial charge >= 0.3 is 6.61 Å². The Morgan fingerprint density at radius 2 is 2.00 bits per heavy atom. The lowest BCUT2D eigenvalue weighted by Gasteiger charge is -2.17. The summed E-state index contributed by atoms with van der Waals surface area (Å²) < 4.78 is 28.4. The minimum atomic E-state index is -2.84. The zero-order valence-electron chi connectivity index (χ0n) is 11.4. The van der Waals surface area contributed by atoms with Crippen LogP contribution >= 0.6 is 0 Å². The number of pyridine rings is 1. The second kappa shape index (κ2) is 6.78. The van der Waals surface area contributed by atoms with Crippen LogP contribution in [0.25, 0.3) is 0 Å². The molecular formula is C15H14F2N2O2. The van der Waals surface area contributed by atoms with Crippen LogP contribution in [0.2, 0.25) is 0 Å². The Kier molecular flexibility index (Phi) is 4.81. The average molecular weight is 292 g/mol. The Balaban J connectivity index is 1.99. The van der Waals surface area contributed by atoms with Crippen LogP contribution in [0.3, 0.4) is 0 Å². The van der Waals surface area contributed by atoms with E-state index in [9.17, 15) is 13.6 Å². The van der Waals surface area contributed by atoms with Crippen LogP contribution in [0, 0.1) is 0 Å². The van der Waals surface area contributed by atoms with E-state index in [1.807, 2.05) is 0 Å². The number of alkyl halides is 2. The summed E-state index contributed by atoms with van der Waals surface area (Å²) in [5, 5.41) is 0. The molecule has 110 valence electrons. The molecule has 0 unspecified atom stereocenters. The zero-order valence-corrected chi connectivity index (χ0v) is 11.4. The highest BCUT2D eigenvalue weighted by molar-refractivity contribution is 5.93. The van der Waals surface area contributed by atoms with E-state index < -0.39 is 6.61 Å². The molecule has 2 rings (SSSR count). The third kappa shape index (κ3) is 4.24. The maximum Gasteiger partial charge on any atom is 0.387 e. The van der Waals surface area contributed by atoms with E-state index in [0.29, 0.717) is 12.1 Å². The monoisotopic (exact) mass is 292 g/mol. The molecule has 0 N–H and O–H groups in total. The summed E-state index contributed by atoms with van der Waals surface area (Å²) in [5.74, 6) is -0.0639. The molecule has 1 heterocycles. The molecule has 4 nitrogen and oxygen atoms in total. The standard InChI is InChI=1S/C15H14F2N2O2/c1-19(14(20)12-3-2-8-18-9-12)10-11-4-6-13(7-5-11)21-15(16)17/h2-9,15H,10H2,1H3. The molecular weight excluding hydrogens is 278 g/mol. The predicted molar refractivity (Wildman–Crippen MR) is 73.1 cm³/mol. The molecule has 0 fully saturated rings. The predicted octanol–water partition coefficient (Wildman–Crippen LogP) is 2.96. The van der Waals surface area contributed by atoms with Gasteiger partial charge in [-0.3, -0.25) is 9.78 Å². The van der Waals surface area contributed by atoms with Gasteiger partial charge in [-0.2, -0.15) is 8.78 Å². The molecule has 0 aliphatic carbocycles. The third-order valence-electron chi connectivity index (χ3n) is 2.82. The fourth-order valence-corrected chi connectivity index (χ4v) is 1.83. The summed E-state index contributed by atoms with van der Waals surface area (Å²) in [6.45, 7) is -2.48. The first kappa shape index (κ1) is 14.9. The SMILES string of the molecule is CN(Cc1ccc(OC(F)F)cc1)C(=O)c1cccnc1. The summed E-state index contributed by atoms with van der Waals surface area (Å²) in [6, 6.07) is 9.56. The third-order valence-corrected chi connectivity index (χ3v) is 2.82. The summed E-state index contributed by atoms with van der Waals surface area (Å²) in [4.78, 5) is 17.6. The number of hydrogen-bond acceptors (Lipinski definition) is 3. The van der Waals surface area contributed by atoms with Gasteiger partial charge in [-0.15, -0.1) is 0 Å². The van der Waals surface area contributed by atoms with Crippen LogP contribution in [0.1, 0.15) is 15.9 Å². The molecule has 21 heavy (non-hydrogen) atoms. The Hall–Kier alpha value is -2.50. The molecule has 0 saturated carbocycles. The number of carbonyl (C=O) groups is 1. The van der Waals surface area contributed by atoms with Gasteiger partial charge in [0.1, 0.15) is 5.75 Å². The second-order valence-electron chi connectivity index (χ2n) is 4.43. The lowest BCUT2D eigenvalue weighted by molar-refractivity contribution is -0.0498. The summed E-state index contributed by atoms with van der Waals surface area (Å²) in [5.41, 5.74) is 1.31. The van der Waals surface area contributed by atoms with Gasteiger partial charge in [0.25, 0.3) is 5.91 Å². The van der Waals surface area contributed by atoms with Crippen molar-refractivity contribution in [3.05, 3.63) is 59.9 Å². The van der Waals surface area contributed by atoms with E-state index >= 15 is 0 Å². The molecule has 1 amide bonds. The van der Waals surface area contributed by atoms with Crippen molar-refractivity contribution in [2.75, 3.05) is 7.05 Å². The molecule has 2 aromatic rings. The summed E-state index contributed by atoms with van der Waals surface area (Å²) in [6.07, 6.45) is 3.09. The molecule has 6 heteroatoms. The van der Waals surface area contributed by atoms with Crippen molar-refractivity contribution in [3.8, 4) is 5.75 Å². The van der Waals surface area contributed by atoms with Crippen LogP contribution in [0.4, 0.5) is 8.78 Å². The number of benzene rings is 1. The Labute approximate surface area is 121 Å². The number of aromatic nitrogens is 1. The quantitative estimate of drug-likeness (QED) is 0.851. The van der Waals surface area contributed by atoms with E-state index in [-0.39, 0.29) is 11.7 Å². The Morgan fingerprint density at radius 1 is 1.29 bits per heavy atom. The lowest BCUT2D eigenvalue weighted by atomic mass is 10.2. The van der Waals surface area contributed by atoms with E-state index in [2.05, 4.69) is 9.72 Å². The van der Waals surface area contributed by atoms with Crippen LogP contribution < -0.4 is 4.74 Å². The number of rotatable bonds is 5. The number of nitrogens with zero attached hydrogens (tertiary/aromatic N) is 2. The summed E-state index contributed by atoms with van der Waals surface area (Å²) in [7, 11) is 1.67. The molecule has 1 aromatic carbocycles. The van der Waals surface area contributed by atoms with Gasteiger partial charge in [-0.25, -0.2) is 0 Å². The van der Waals surface area contributed by atoms with E-state index in [4.69, 9.17) is 0 Å². The minimum absolute atomic E-state index is 0.0926. The fraction of sp³-hybridized carbons (Fsp3) is 0.200. The highest BCUT2D eigenvalue weighted by Crippen LogP contribution is 2.16. The first-order valence-corrected chi connectivity index (χ1v) is 6.25. The van der Waals surface area contributed by atoms with Crippen molar-refractivity contribution in [1.29, 1.82) is 0 Å². The molecule has 0 atom stereocenters. The van der Waals surface area contributed by atoms with Crippen LogP contribution in [0.5, 0.6) is 5.75 Å². The number of carbonyl (C=O) groups excluding carboxylic acids is 1. The molecule has 0 spiro atoms. The number of hydrogen-bond donors (Lipinski definition) is 0.